The summed E-state index contributed by atoms with van der Waals surface area (Å²) >= 11 is 0. The SMILES string of the molecule is NC[N+]1=C[CH+]C=C1. The smallest absolute Gasteiger partial charge is 0.274 e. The number of hydrogen-bond acceptors (Lipinski definition) is 1. The van der Waals surface area contributed by atoms with Crippen molar-refractivity contribution in [3.63, 3.8) is 0 Å². The van der Waals surface area contributed by atoms with Crippen LogP contribution < -0.4 is 5.73 Å². The molecule has 1 heterocycles. The summed E-state index contributed by atoms with van der Waals surface area (Å²) in [7, 11) is 0. The molecule has 0 aliphatic carbocycles. The predicted octanol–water partition coefficient (Wildman–Crippen LogP) is -0.283. The Morgan fingerprint density at radius 3 is 2.86 bits per heavy atom. The molecular weight excluding hydrogens is 88.1 g/mol. The molecule has 36 valence electrons. The Morgan fingerprint density at radius 1 is 1.71 bits per heavy atom. The van der Waals surface area contributed by atoms with Gasteiger partial charge < -0.3 is 0 Å². The van der Waals surface area contributed by atoms with E-state index in [1.165, 1.54) is 0 Å². The maximum Gasteiger partial charge on any atom is 0.296 e. The molecule has 1 aliphatic rings. The minimum absolute atomic E-state index is 0.576. The maximum absolute atomic E-state index is 5.26. The molecule has 0 fully saturated rings. The highest BCUT2D eigenvalue weighted by Crippen LogP contribution is 1.86. The molecular formula is C5H8N2+2. The standard InChI is InChI=1S/C5H8N2/c6-5-7-3-1-2-4-7/h1-4H,5-6H2/q+2. The first-order valence-corrected chi connectivity index (χ1v) is 2.24. The van der Waals surface area contributed by atoms with Crippen LogP contribution in [0, 0.1) is 6.42 Å². The summed E-state index contributed by atoms with van der Waals surface area (Å²) in [5, 5.41) is 0. The molecule has 2 heteroatoms. The Bertz CT molecular complexity index is 113. The Hall–Kier alpha value is -0.760. The number of nitrogens with zero attached hydrogens (tertiary/aromatic N) is 1. The molecule has 2 nitrogen and oxygen atoms in total. The van der Waals surface area contributed by atoms with E-state index < -0.39 is 0 Å². The number of rotatable bonds is 1. The lowest BCUT2D eigenvalue weighted by Gasteiger charge is -1.73. The fourth-order valence-electron chi connectivity index (χ4n) is 0.492. The van der Waals surface area contributed by atoms with Crippen LogP contribution in [0.3, 0.4) is 0 Å². The molecule has 0 unspecified atom stereocenters. The normalized spacial score (nSPS) is 16.4. The molecule has 0 aromatic carbocycles. The van der Waals surface area contributed by atoms with Crippen LogP contribution >= 0.6 is 0 Å². The Morgan fingerprint density at radius 2 is 2.57 bits per heavy atom. The van der Waals surface area contributed by atoms with Gasteiger partial charge in [-0.3, -0.25) is 5.73 Å². The molecule has 0 saturated heterocycles. The molecule has 0 radical (unpaired) electrons. The second-order valence-electron chi connectivity index (χ2n) is 1.38. The number of hydrogen-bond donors (Lipinski definition) is 1. The van der Waals surface area contributed by atoms with Crippen LogP contribution in [-0.4, -0.2) is 17.5 Å². The monoisotopic (exact) mass is 96.1 g/mol. The van der Waals surface area contributed by atoms with Crippen molar-refractivity contribution in [1.29, 1.82) is 0 Å². The highest BCUT2D eigenvalue weighted by molar-refractivity contribution is 5.67. The minimum atomic E-state index is 0.576. The van der Waals surface area contributed by atoms with Gasteiger partial charge in [0.1, 0.15) is 6.42 Å². The quantitative estimate of drug-likeness (QED) is 0.353. The number of nitrogens with two attached hydrogens (primary N) is 1. The van der Waals surface area contributed by atoms with E-state index in [1.54, 1.807) is 0 Å². The first kappa shape index (κ1) is 4.40. The minimum Gasteiger partial charge on any atom is -0.274 e. The lowest BCUT2D eigenvalue weighted by atomic mass is 10.5. The molecule has 0 bridgehead atoms. The fraction of sp³-hybridized carbons (Fsp3) is 0.200. The molecule has 0 aromatic rings. The third-order valence-electron chi connectivity index (χ3n) is 0.877. The van der Waals surface area contributed by atoms with Crippen LogP contribution in [0.1, 0.15) is 0 Å². The summed E-state index contributed by atoms with van der Waals surface area (Å²) in [5.74, 6) is 0. The topological polar surface area (TPSA) is 29.0 Å². The van der Waals surface area contributed by atoms with E-state index in [2.05, 4.69) is 0 Å². The van der Waals surface area contributed by atoms with Crippen LogP contribution in [0.4, 0.5) is 0 Å². The van der Waals surface area contributed by atoms with E-state index in [1.807, 2.05) is 29.5 Å². The van der Waals surface area contributed by atoms with Gasteiger partial charge in [0, 0.05) is 0 Å². The third-order valence-corrected chi connectivity index (χ3v) is 0.877. The zero-order valence-electron chi connectivity index (χ0n) is 4.04. The van der Waals surface area contributed by atoms with Crippen LogP contribution in [0.15, 0.2) is 12.3 Å². The average Bonchev–Trinajstić information content (AvgIpc) is 2.14. The van der Waals surface area contributed by atoms with Crippen LogP contribution in [-0.2, 0) is 0 Å². The van der Waals surface area contributed by atoms with Crippen LogP contribution in [0.25, 0.3) is 0 Å². The van der Waals surface area contributed by atoms with Gasteiger partial charge in [-0.15, -0.1) is 0 Å². The maximum atomic E-state index is 5.26. The highest BCUT2D eigenvalue weighted by atomic mass is 15.0. The van der Waals surface area contributed by atoms with Crippen LogP contribution in [0.2, 0.25) is 0 Å². The van der Waals surface area contributed by atoms with E-state index in [9.17, 15) is 0 Å². The van der Waals surface area contributed by atoms with Crippen molar-refractivity contribution in [1.82, 2.24) is 0 Å². The zero-order valence-corrected chi connectivity index (χ0v) is 4.04. The molecule has 2 N–H and O–H groups in total. The fourth-order valence-corrected chi connectivity index (χ4v) is 0.492. The summed E-state index contributed by atoms with van der Waals surface area (Å²) < 4.78 is 1.90. The summed E-state index contributed by atoms with van der Waals surface area (Å²) in [4.78, 5) is 0. The van der Waals surface area contributed by atoms with Crippen molar-refractivity contribution in [2.75, 3.05) is 6.67 Å². The van der Waals surface area contributed by atoms with E-state index in [0.717, 1.165) is 0 Å². The summed E-state index contributed by atoms with van der Waals surface area (Å²) in [6.45, 7) is 0.576. The summed E-state index contributed by atoms with van der Waals surface area (Å²) in [5.41, 5.74) is 5.26. The van der Waals surface area contributed by atoms with Crippen LogP contribution in [0.5, 0.6) is 0 Å². The van der Waals surface area contributed by atoms with Crippen molar-refractivity contribution in [2.45, 2.75) is 0 Å². The molecule has 1 aliphatic heterocycles. The third kappa shape index (κ3) is 0.810. The van der Waals surface area contributed by atoms with Crippen molar-refractivity contribution in [2.24, 2.45) is 5.73 Å². The van der Waals surface area contributed by atoms with Gasteiger partial charge in [-0.25, -0.2) is 0 Å². The van der Waals surface area contributed by atoms with Crippen molar-refractivity contribution < 1.29 is 4.58 Å². The van der Waals surface area contributed by atoms with E-state index in [-0.39, 0.29) is 0 Å². The van der Waals surface area contributed by atoms with E-state index in [4.69, 9.17) is 5.73 Å². The predicted molar refractivity (Wildman–Crippen MR) is 28.8 cm³/mol. The lowest BCUT2D eigenvalue weighted by molar-refractivity contribution is -0.447. The molecule has 0 spiro atoms. The van der Waals surface area contributed by atoms with Gasteiger partial charge >= 0.3 is 0 Å². The molecule has 0 aromatic heterocycles. The van der Waals surface area contributed by atoms with E-state index >= 15 is 0 Å². The van der Waals surface area contributed by atoms with E-state index in [0.29, 0.717) is 6.67 Å². The van der Waals surface area contributed by atoms with Gasteiger partial charge in [0.25, 0.3) is 12.4 Å². The molecule has 0 saturated carbocycles. The zero-order chi connectivity index (χ0) is 5.11. The Balaban J connectivity index is 2.52. The molecule has 7 heavy (non-hydrogen) atoms. The van der Waals surface area contributed by atoms with Gasteiger partial charge in [-0.05, 0) is 0 Å². The molecule has 0 amide bonds. The first-order chi connectivity index (χ1) is 3.43. The average molecular weight is 96.1 g/mol. The summed E-state index contributed by atoms with van der Waals surface area (Å²) in [6, 6.07) is 0. The van der Waals surface area contributed by atoms with Crippen molar-refractivity contribution in [3.05, 3.63) is 18.7 Å². The Labute approximate surface area is 42.9 Å². The lowest BCUT2D eigenvalue weighted by Crippen LogP contribution is -2.12. The number of allylic oxidation sites excluding steroid dienone is 1. The van der Waals surface area contributed by atoms with Gasteiger partial charge in [0.2, 0.25) is 6.67 Å². The van der Waals surface area contributed by atoms with Gasteiger partial charge in [0.05, 0.1) is 0 Å². The second kappa shape index (κ2) is 1.80. The summed E-state index contributed by atoms with van der Waals surface area (Å²) in [6.07, 6.45) is 7.76. The first-order valence-electron chi connectivity index (χ1n) is 2.24. The van der Waals surface area contributed by atoms with Crippen molar-refractivity contribution >= 4 is 6.21 Å². The molecule has 0 atom stereocenters. The molecule has 1 rings (SSSR count). The largest absolute Gasteiger partial charge is 0.296 e. The second-order valence-corrected chi connectivity index (χ2v) is 1.38. The van der Waals surface area contributed by atoms with Gasteiger partial charge in [-0.1, -0.05) is 4.58 Å². The Kier molecular flexibility index (Phi) is 1.13. The van der Waals surface area contributed by atoms with Gasteiger partial charge in [0.15, 0.2) is 6.08 Å². The highest BCUT2D eigenvalue weighted by Gasteiger charge is 2.08. The van der Waals surface area contributed by atoms with Gasteiger partial charge in [-0.2, -0.15) is 0 Å². The van der Waals surface area contributed by atoms with Crippen molar-refractivity contribution in [3.8, 4) is 0 Å².